The maximum Gasteiger partial charge on any atom is 0.0595 e. The van der Waals surface area contributed by atoms with Gasteiger partial charge in [-0.05, 0) is 18.2 Å². The van der Waals surface area contributed by atoms with Crippen LogP contribution in [0.3, 0.4) is 0 Å². The molecule has 2 N–H and O–H groups in total. The molecule has 4 nitrogen and oxygen atoms in total. The van der Waals surface area contributed by atoms with Crippen molar-refractivity contribution in [1.82, 2.24) is 4.90 Å². The molecule has 0 aromatic heterocycles. The van der Waals surface area contributed by atoms with E-state index in [-0.39, 0.29) is 0 Å². The number of ether oxygens (including phenoxy) is 1. The molecule has 1 unspecified atom stereocenters. The average Bonchev–Trinajstić information content (AvgIpc) is 2.40. The number of halogens is 1. The topological polar surface area (TPSA) is 55.6 Å². The summed E-state index contributed by atoms with van der Waals surface area (Å²) < 4.78 is 17.4. The van der Waals surface area contributed by atoms with Crippen LogP contribution >= 0.6 is 11.6 Å². The van der Waals surface area contributed by atoms with Crippen molar-refractivity contribution in [3.8, 4) is 0 Å². The summed E-state index contributed by atoms with van der Waals surface area (Å²) in [6.45, 7) is 4.11. The van der Waals surface area contributed by atoms with Crippen molar-refractivity contribution in [1.29, 1.82) is 0 Å². The molecule has 1 saturated heterocycles. The monoisotopic (exact) mass is 288 g/mol. The van der Waals surface area contributed by atoms with Gasteiger partial charge in [0.15, 0.2) is 0 Å². The van der Waals surface area contributed by atoms with Crippen LogP contribution in [0.5, 0.6) is 0 Å². The zero-order valence-corrected chi connectivity index (χ0v) is 11.7. The summed E-state index contributed by atoms with van der Waals surface area (Å²) in [5.74, 6) is 0.573. The van der Waals surface area contributed by atoms with Crippen LogP contribution in [0.1, 0.15) is 0 Å². The minimum atomic E-state index is -1.10. The van der Waals surface area contributed by atoms with E-state index in [1.807, 2.05) is 0 Å². The number of nitrogens with zero attached hydrogens (tertiary/aromatic N) is 1. The number of morpholine rings is 1. The van der Waals surface area contributed by atoms with Crippen molar-refractivity contribution in [3.63, 3.8) is 0 Å². The van der Waals surface area contributed by atoms with Gasteiger partial charge in [-0.1, -0.05) is 11.6 Å². The lowest BCUT2D eigenvalue weighted by molar-refractivity contribution is 0.0409. The first-order chi connectivity index (χ1) is 8.66. The molecule has 2 rings (SSSR count). The first-order valence-corrected chi connectivity index (χ1v) is 7.60. The number of anilines is 1. The van der Waals surface area contributed by atoms with Gasteiger partial charge >= 0.3 is 0 Å². The molecule has 1 aliphatic rings. The van der Waals surface area contributed by atoms with Crippen LogP contribution in [0.2, 0.25) is 5.02 Å². The van der Waals surface area contributed by atoms with Crippen LogP contribution < -0.4 is 5.73 Å². The summed E-state index contributed by atoms with van der Waals surface area (Å²) in [4.78, 5) is 2.88. The van der Waals surface area contributed by atoms with Crippen molar-refractivity contribution >= 4 is 28.1 Å². The Bertz CT molecular complexity index is 436. The molecular weight excluding hydrogens is 272 g/mol. The van der Waals surface area contributed by atoms with E-state index in [1.165, 1.54) is 0 Å². The standard InChI is InChI=1S/C12H17ClN2O2S/c13-11-2-1-10(14)9-12(11)18(16)8-5-15-3-6-17-7-4-15/h1-2,9H,3-8,14H2. The predicted molar refractivity (Wildman–Crippen MR) is 74.4 cm³/mol. The van der Waals surface area contributed by atoms with Gasteiger partial charge in [-0.15, -0.1) is 0 Å². The van der Waals surface area contributed by atoms with E-state index in [1.54, 1.807) is 18.2 Å². The van der Waals surface area contributed by atoms with Crippen molar-refractivity contribution in [2.75, 3.05) is 44.3 Å². The summed E-state index contributed by atoms with van der Waals surface area (Å²) in [5.41, 5.74) is 6.28. The molecule has 0 radical (unpaired) electrons. The maximum atomic E-state index is 12.2. The zero-order chi connectivity index (χ0) is 13.0. The van der Waals surface area contributed by atoms with E-state index < -0.39 is 10.8 Å². The third-order valence-corrected chi connectivity index (χ3v) is 4.72. The maximum absolute atomic E-state index is 12.2. The highest BCUT2D eigenvalue weighted by molar-refractivity contribution is 7.85. The highest BCUT2D eigenvalue weighted by Gasteiger charge is 2.14. The van der Waals surface area contributed by atoms with Crippen molar-refractivity contribution in [3.05, 3.63) is 23.2 Å². The predicted octanol–water partition coefficient (Wildman–Crippen LogP) is 1.36. The fourth-order valence-corrected chi connectivity index (χ4v) is 3.41. The van der Waals surface area contributed by atoms with Crippen molar-refractivity contribution in [2.45, 2.75) is 4.90 Å². The van der Waals surface area contributed by atoms with Gasteiger partial charge in [-0.25, -0.2) is 0 Å². The molecular formula is C12H17ClN2O2S. The van der Waals surface area contributed by atoms with Gasteiger partial charge in [0.1, 0.15) is 0 Å². The largest absolute Gasteiger partial charge is 0.399 e. The summed E-state index contributed by atoms with van der Waals surface area (Å²) in [5, 5.41) is 0.518. The summed E-state index contributed by atoms with van der Waals surface area (Å²) in [6, 6.07) is 5.10. The Morgan fingerprint density at radius 3 is 2.83 bits per heavy atom. The highest BCUT2D eigenvalue weighted by Crippen LogP contribution is 2.22. The summed E-state index contributed by atoms with van der Waals surface area (Å²) in [6.07, 6.45) is 0. The number of nitrogens with two attached hydrogens (primary N) is 1. The van der Waals surface area contributed by atoms with Gasteiger partial charge in [0.25, 0.3) is 0 Å². The van der Waals surface area contributed by atoms with Gasteiger partial charge in [-0.2, -0.15) is 0 Å². The van der Waals surface area contributed by atoms with Gasteiger partial charge < -0.3 is 10.5 Å². The Balaban J connectivity index is 1.92. The lowest BCUT2D eigenvalue weighted by Crippen LogP contribution is -2.38. The van der Waals surface area contributed by atoms with Crippen LogP contribution in [0, 0.1) is 0 Å². The first kappa shape index (κ1) is 13.8. The Hall–Kier alpha value is -0.620. The van der Waals surface area contributed by atoms with Crippen LogP contribution in [0.25, 0.3) is 0 Å². The number of hydrogen-bond acceptors (Lipinski definition) is 4. The summed E-state index contributed by atoms with van der Waals surface area (Å²) in [7, 11) is -1.10. The minimum absolute atomic E-state index is 0.518. The van der Waals surface area contributed by atoms with Crippen LogP contribution in [0.15, 0.2) is 23.1 Å². The number of rotatable bonds is 4. The Morgan fingerprint density at radius 2 is 2.11 bits per heavy atom. The molecule has 0 spiro atoms. The lowest BCUT2D eigenvalue weighted by Gasteiger charge is -2.26. The van der Waals surface area contributed by atoms with Crippen LogP contribution in [-0.2, 0) is 15.5 Å². The second-order valence-electron chi connectivity index (χ2n) is 4.19. The Kier molecular flexibility index (Phi) is 5.00. The smallest absolute Gasteiger partial charge is 0.0595 e. The molecule has 100 valence electrons. The number of benzene rings is 1. The van der Waals surface area contributed by atoms with E-state index in [9.17, 15) is 4.21 Å². The third-order valence-electron chi connectivity index (χ3n) is 2.90. The minimum Gasteiger partial charge on any atom is -0.399 e. The lowest BCUT2D eigenvalue weighted by atomic mass is 10.3. The molecule has 1 atom stereocenters. The van der Waals surface area contributed by atoms with Crippen molar-refractivity contribution < 1.29 is 8.95 Å². The second kappa shape index (κ2) is 6.52. The highest BCUT2D eigenvalue weighted by atomic mass is 35.5. The van der Waals surface area contributed by atoms with E-state index >= 15 is 0 Å². The van der Waals surface area contributed by atoms with Gasteiger partial charge in [0.2, 0.25) is 0 Å². The van der Waals surface area contributed by atoms with E-state index in [0.29, 0.717) is 21.4 Å². The third kappa shape index (κ3) is 3.68. The van der Waals surface area contributed by atoms with Gasteiger partial charge in [-0.3, -0.25) is 9.11 Å². The second-order valence-corrected chi connectivity index (χ2v) is 6.14. The van der Waals surface area contributed by atoms with Gasteiger partial charge in [0.05, 0.1) is 33.9 Å². The van der Waals surface area contributed by atoms with E-state index in [2.05, 4.69) is 4.90 Å². The normalized spacial score (nSPS) is 18.7. The quantitative estimate of drug-likeness (QED) is 0.850. The SMILES string of the molecule is Nc1ccc(Cl)c(S(=O)CCN2CCOCC2)c1. The number of nitrogen functional groups attached to an aromatic ring is 1. The van der Waals surface area contributed by atoms with E-state index in [0.717, 1.165) is 32.8 Å². The molecule has 0 amide bonds. The molecule has 1 fully saturated rings. The summed E-state index contributed by atoms with van der Waals surface area (Å²) >= 11 is 6.03. The molecule has 1 aromatic carbocycles. The molecule has 6 heteroatoms. The van der Waals surface area contributed by atoms with Crippen molar-refractivity contribution in [2.24, 2.45) is 0 Å². The fraction of sp³-hybridized carbons (Fsp3) is 0.500. The molecule has 1 aromatic rings. The Labute approximate surface area is 115 Å². The average molecular weight is 289 g/mol. The van der Waals surface area contributed by atoms with E-state index in [4.69, 9.17) is 22.1 Å². The molecule has 18 heavy (non-hydrogen) atoms. The van der Waals surface area contributed by atoms with Gasteiger partial charge in [0, 0.05) is 31.1 Å². The fourth-order valence-electron chi connectivity index (χ4n) is 1.84. The molecule has 0 aliphatic carbocycles. The molecule has 0 saturated carbocycles. The Morgan fingerprint density at radius 1 is 1.39 bits per heavy atom. The molecule has 0 bridgehead atoms. The first-order valence-electron chi connectivity index (χ1n) is 5.90. The van der Waals surface area contributed by atoms with Crippen LogP contribution in [-0.4, -0.2) is 47.7 Å². The van der Waals surface area contributed by atoms with Crippen LogP contribution in [0.4, 0.5) is 5.69 Å². The molecule has 1 heterocycles. The molecule has 1 aliphatic heterocycles. The zero-order valence-electron chi connectivity index (χ0n) is 10.1. The number of hydrogen-bond donors (Lipinski definition) is 1.